The average Bonchev–Trinajstić information content (AvgIpc) is 2.57. The van der Waals surface area contributed by atoms with Gasteiger partial charge in [-0.2, -0.15) is 5.10 Å². The molecule has 0 amide bonds. The van der Waals surface area contributed by atoms with Crippen molar-refractivity contribution in [2.75, 3.05) is 5.32 Å². The van der Waals surface area contributed by atoms with Crippen LogP contribution in [0.3, 0.4) is 0 Å². The Hall–Kier alpha value is -1.59. The SMILES string of the molecule is Cc1nn(C)c(NC2CCC(C)CC2)c1[N+](=O)[O-]. The van der Waals surface area contributed by atoms with Crippen LogP contribution in [0.25, 0.3) is 0 Å². The molecule has 100 valence electrons. The monoisotopic (exact) mass is 252 g/mol. The standard InChI is InChI=1S/C12H20N4O2/c1-8-4-6-10(7-5-8)13-12-11(16(17)18)9(2)14-15(12)3/h8,10,13H,4-7H2,1-3H3. The van der Waals surface area contributed by atoms with Gasteiger partial charge in [-0.05, 0) is 38.5 Å². The number of aryl methyl sites for hydroxylation is 2. The van der Waals surface area contributed by atoms with Crippen LogP contribution in [0.2, 0.25) is 0 Å². The highest BCUT2D eigenvalue weighted by Gasteiger charge is 2.27. The maximum absolute atomic E-state index is 11.1. The molecule has 2 rings (SSSR count). The third-order valence-electron chi connectivity index (χ3n) is 3.73. The average molecular weight is 252 g/mol. The van der Waals surface area contributed by atoms with Crippen molar-refractivity contribution in [3.8, 4) is 0 Å². The van der Waals surface area contributed by atoms with Gasteiger partial charge in [0.05, 0.1) is 4.92 Å². The van der Waals surface area contributed by atoms with E-state index in [1.54, 1.807) is 18.7 Å². The molecular formula is C12H20N4O2. The van der Waals surface area contributed by atoms with E-state index in [0.29, 0.717) is 17.6 Å². The largest absolute Gasteiger partial charge is 0.362 e. The second-order valence-corrected chi connectivity index (χ2v) is 5.26. The van der Waals surface area contributed by atoms with E-state index in [0.717, 1.165) is 18.8 Å². The molecule has 1 aliphatic carbocycles. The lowest BCUT2D eigenvalue weighted by atomic mass is 9.87. The molecule has 0 radical (unpaired) electrons. The molecule has 0 bridgehead atoms. The van der Waals surface area contributed by atoms with E-state index in [1.807, 2.05) is 0 Å². The lowest BCUT2D eigenvalue weighted by molar-refractivity contribution is -0.384. The number of nitro groups is 1. The summed E-state index contributed by atoms with van der Waals surface area (Å²) in [5.74, 6) is 1.31. The molecule has 1 aromatic heterocycles. The van der Waals surface area contributed by atoms with Crippen LogP contribution in [0.4, 0.5) is 11.5 Å². The molecule has 1 aromatic rings. The summed E-state index contributed by atoms with van der Waals surface area (Å²) >= 11 is 0. The van der Waals surface area contributed by atoms with E-state index in [9.17, 15) is 10.1 Å². The highest BCUT2D eigenvalue weighted by Crippen LogP contribution is 2.31. The second kappa shape index (κ2) is 4.96. The second-order valence-electron chi connectivity index (χ2n) is 5.26. The first-order chi connectivity index (χ1) is 8.49. The lowest BCUT2D eigenvalue weighted by Gasteiger charge is -2.27. The summed E-state index contributed by atoms with van der Waals surface area (Å²) in [5.41, 5.74) is 0.574. The van der Waals surface area contributed by atoms with Gasteiger partial charge in [0.25, 0.3) is 0 Å². The predicted octanol–water partition coefficient (Wildman–Crippen LogP) is 2.63. The van der Waals surface area contributed by atoms with Gasteiger partial charge >= 0.3 is 5.69 Å². The van der Waals surface area contributed by atoms with Crippen LogP contribution in [0.5, 0.6) is 0 Å². The quantitative estimate of drug-likeness (QED) is 0.663. The van der Waals surface area contributed by atoms with Gasteiger partial charge in [0, 0.05) is 13.1 Å². The summed E-state index contributed by atoms with van der Waals surface area (Å²) in [4.78, 5) is 10.7. The minimum atomic E-state index is -0.351. The Morgan fingerprint density at radius 3 is 2.56 bits per heavy atom. The number of rotatable bonds is 3. The van der Waals surface area contributed by atoms with Gasteiger partial charge in [0.2, 0.25) is 5.82 Å². The van der Waals surface area contributed by atoms with Crippen molar-refractivity contribution in [3.63, 3.8) is 0 Å². The van der Waals surface area contributed by atoms with Gasteiger partial charge in [-0.15, -0.1) is 0 Å². The number of anilines is 1. The number of hydrogen-bond acceptors (Lipinski definition) is 4. The van der Waals surface area contributed by atoms with E-state index < -0.39 is 0 Å². The molecule has 0 aromatic carbocycles. The van der Waals surface area contributed by atoms with Crippen molar-refractivity contribution in [2.45, 2.75) is 45.6 Å². The Labute approximate surface area is 107 Å². The molecule has 18 heavy (non-hydrogen) atoms. The summed E-state index contributed by atoms with van der Waals surface area (Å²) in [6.45, 7) is 3.93. The Morgan fingerprint density at radius 1 is 1.39 bits per heavy atom. The van der Waals surface area contributed by atoms with E-state index in [2.05, 4.69) is 17.3 Å². The summed E-state index contributed by atoms with van der Waals surface area (Å²) in [5, 5.41) is 18.5. The van der Waals surface area contributed by atoms with Gasteiger partial charge in [0.1, 0.15) is 5.69 Å². The smallest absolute Gasteiger partial charge is 0.333 e. The van der Waals surface area contributed by atoms with Crippen molar-refractivity contribution in [3.05, 3.63) is 15.8 Å². The Morgan fingerprint density at radius 2 is 2.00 bits per heavy atom. The molecule has 1 fully saturated rings. The van der Waals surface area contributed by atoms with Crippen LogP contribution in [0.15, 0.2) is 0 Å². The van der Waals surface area contributed by atoms with Crippen molar-refractivity contribution in [1.82, 2.24) is 9.78 Å². The van der Waals surface area contributed by atoms with Crippen LogP contribution in [0, 0.1) is 23.0 Å². The maximum Gasteiger partial charge on any atom is 0.333 e. The van der Waals surface area contributed by atoms with Gasteiger partial charge in [-0.1, -0.05) is 6.92 Å². The molecule has 1 N–H and O–H groups in total. The molecule has 1 heterocycles. The first kappa shape index (κ1) is 12.9. The normalized spacial score (nSPS) is 23.9. The zero-order chi connectivity index (χ0) is 13.3. The predicted molar refractivity (Wildman–Crippen MR) is 69.6 cm³/mol. The fourth-order valence-corrected chi connectivity index (χ4v) is 2.63. The summed E-state index contributed by atoms with van der Waals surface area (Å²) in [6.07, 6.45) is 4.51. The minimum Gasteiger partial charge on any atom is -0.362 e. The molecule has 1 saturated carbocycles. The van der Waals surface area contributed by atoms with Gasteiger partial charge in [-0.25, -0.2) is 4.68 Å². The molecule has 6 heteroatoms. The third-order valence-corrected chi connectivity index (χ3v) is 3.73. The van der Waals surface area contributed by atoms with Gasteiger partial charge < -0.3 is 5.32 Å². The highest BCUT2D eigenvalue weighted by atomic mass is 16.6. The van der Waals surface area contributed by atoms with Crippen molar-refractivity contribution in [2.24, 2.45) is 13.0 Å². The first-order valence-electron chi connectivity index (χ1n) is 6.43. The van der Waals surface area contributed by atoms with Crippen LogP contribution in [0.1, 0.15) is 38.3 Å². The van der Waals surface area contributed by atoms with Crippen molar-refractivity contribution in [1.29, 1.82) is 0 Å². The van der Waals surface area contributed by atoms with Crippen molar-refractivity contribution < 1.29 is 4.92 Å². The summed E-state index contributed by atoms with van der Waals surface area (Å²) < 4.78 is 1.57. The van der Waals surface area contributed by atoms with Crippen LogP contribution in [-0.4, -0.2) is 20.7 Å². The van der Waals surface area contributed by atoms with E-state index in [-0.39, 0.29) is 10.6 Å². The summed E-state index contributed by atoms with van der Waals surface area (Å²) in [7, 11) is 1.74. The number of hydrogen-bond donors (Lipinski definition) is 1. The Kier molecular flexibility index (Phi) is 3.54. The van der Waals surface area contributed by atoms with Crippen molar-refractivity contribution >= 4 is 11.5 Å². The molecule has 1 aliphatic rings. The minimum absolute atomic E-state index is 0.108. The molecule has 6 nitrogen and oxygen atoms in total. The van der Waals surface area contributed by atoms with Crippen LogP contribution < -0.4 is 5.32 Å². The Balaban J connectivity index is 2.16. The lowest BCUT2D eigenvalue weighted by Crippen LogP contribution is -2.26. The molecule has 0 atom stereocenters. The highest BCUT2D eigenvalue weighted by molar-refractivity contribution is 5.59. The fourth-order valence-electron chi connectivity index (χ4n) is 2.63. The van der Waals surface area contributed by atoms with Gasteiger partial charge in [-0.3, -0.25) is 10.1 Å². The molecule has 0 aliphatic heterocycles. The molecule has 0 saturated heterocycles. The van der Waals surface area contributed by atoms with E-state index in [1.165, 1.54) is 12.8 Å². The molecule has 0 unspecified atom stereocenters. The number of nitrogens with one attached hydrogen (secondary N) is 1. The number of aromatic nitrogens is 2. The third kappa shape index (κ3) is 2.47. The van der Waals surface area contributed by atoms with E-state index >= 15 is 0 Å². The fraction of sp³-hybridized carbons (Fsp3) is 0.750. The zero-order valence-electron chi connectivity index (χ0n) is 11.1. The zero-order valence-corrected chi connectivity index (χ0v) is 11.1. The van der Waals surface area contributed by atoms with E-state index in [4.69, 9.17) is 0 Å². The number of nitrogens with zero attached hydrogens (tertiary/aromatic N) is 3. The maximum atomic E-state index is 11.1. The first-order valence-corrected chi connectivity index (χ1v) is 6.43. The molecule has 0 spiro atoms. The molecular weight excluding hydrogens is 232 g/mol. The van der Waals surface area contributed by atoms with Crippen LogP contribution >= 0.6 is 0 Å². The Bertz CT molecular complexity index is 447. The summed E-state index contributed by atoms with van der Waals surface area (Å²) in [6, 6.07) is 0.328. The van der Waals surface area contributed by atoms with Crippen LogP contribution in [-0.2, 0) is 7.05 Å². The van der Waals surface area contributed by atoms with Gasteiger partial charge in [0.15, 0.2) is 0 Å². The topological polar surface area (TPSA) is 73.0 Å².